The topological polar surface area (TPSA) is 62.9 Å². The predicted molar refractivity (Wildman–Crippen MR) is 101 cm³/mol. The number of hydrogen-bond acceptors (Lipinski definition) is 5. The highest BCUT2D eigenvalue weighted by atomic mass is 16.5. The summed E-state index contributed by atoms with van der Waals surface area (Å²) in [7, 11) is 3.62. The smallest absolute Gasteiger partial charge is 0.154 e. The fourth-order valence-corrected chi connectivity index (χ4v) is 2.81. The molecule has 130 valence electrons. The number of imidazole rings is 1. The maximum atomic E-state index is 9.49. The predicted octanol–water partition coefficient (Wildman–Crippen LogP) is 3.88. The third-order valence-electron chi connectivity index (χ3n) is 4.31. The van der Waals surface area contributed by atoms with Gasteiger partial charge in [0.05, 0.1) is 19.0 Å². The molecule has 6 nitrogen and oxygen atoms in total. The number of fused-ring (bicyclic) bond motifs is 1. The van der Waals surface area contributed by atoms with Gasteiger partial charge in [-0.05, 0) is 60.7 Å². The zero-order chi connectivity index (χ0) is 18.1. The summed E-state index contributed by atoms with van der Waals surface area (Å²) < 4.78 is 7.02. The molecule has 4 aromatic rings. The maximum Gasteiger partial charge on any atom is 0.154 e. The van der Waals surface area contributed by atoms with E-state index in [1.54, 1.807) is 25.4 Å². The van der Waals surface area contributed by atoms with E-state index in [0.717, 1.165) is 34.2 Å². The molecule has 2 heterocycles. The standard InChI is InChI=1S/C20H18N4O2/c1-23(15-5-9-17(26-2)10-6-15)20-12-11-19-21-13-18(24(19)22-20)14-3-7-16(25)8-4-14/h3-13,25H,1-2H3. The number of aromatic nitrogens is 3. The molecule has 0 radical (unpaired) electrons. The largest absolute Gasteiger partial charge is 0.508 e. The van der Waals surface area contributed by atoms with Crippen molar-refractivity contribution in [2.45, 2.75) is 0 Å². The first-order valence-corrected chi connectivity index (χ1v) is 8.18. The van der Waals surface area contributed by atoms with Gasteiger partial charge in [0.2, 0.25) is 0 Å². The minimum atomic E-state index is 0.232. The quantitative estimate of drug-likeness (QED) is 0.608. The van der Waals surface area contributed by atoms with E-state index in [2.05, 4.69) is 4.98 Å². The van der Waals surface area contributed by atoms with Crippen molar-refractivity contribution in [2.24, 2.45) is 0 Å². The molecule has 4 rings (SSSR count). The highest BCUT2D eigenvalue weighted by Gasteiger charge is 2.11. The fraction of sp³-hybridized carbons (Fsp3) is 0.100. The fourth-order valence-electron chi connectivity index (χ4n) is 2.81. The average Bonchev–Trinajstić information content (AvgIpc) is 3.11. The van der Waals surface area contributed by atoms with Crippen LogP contribution >= 0.6 is 0 Å². The molecule has 0 spiro atoms. The van der Waals surface area contributed by atoms with Gasteiger partial charge in [-0.1, -0.05) is 0 Å². The van der Waals surface area contributed by atoms with Gasteiger partial charge in [0, 0.05) is 18.3 Å². The molecule has 1 N–H and O–H groups in total. The van der Waals surface area contributed by atoms with Crippen LogP contribution in [0.3, 0.4) is 0 Å². The Hall–Kier alpha value is -3.54. The molecule has 0 bridgehead atoms. The highest BCUT2D eigenvalue weighted by molar-refractivity contribution is 5.66. The molecule has 0 saturated heterocycles. The first kappa shape index (κ1) is 16.0. The lowest BCUT2D eigenvalue weighted by Gasteiger charge is -2.18. The van der Waals surface area contributed by atoms with Gasteiger partial charge in [-0.15, -0.1) is 5.10 Å². The number of hydrogen-bond donors (Lipinski definition) is 1. The molecule has 0 amide bonds. The van der Waals surface area contributed by atoms with Crippen LogP contribution in [-0.2, 0) is 0 Å². The summed E-state index contributed by atoms with van der Waals surface area (Å²) in [6.45, 7) is 0. The maximum absolute atomic E-state index is 9.49. The van der Waals surface area contributed by atoms with Crippen molar-refractivity contribution in [3.05, 3.63) is 66.9 Å². The molecule has 0 unspecified atom stereocenters. The molecule has 0 aliphatic heterocycles. The number of methoxy groups -OCH3 is 1. The third kappa shape index (κ3) is 2.82. The number of benzene rings is 2. The van der Waals surface area contributed by atoms with Gasteiger partial charge in [0.15, 0.2) is 11.5 Å². The number of phenols is 1. The van der Waals surface area contributed by atoms with E-state index in [-0.39, 0.29) is 5.75 Å². The Morgan fingerprint density at radius 3 is 2.38 bits per heavy atom. The van der Waals surface area contributed by atoms with Crippen LogP contribution in [0.5, 0.6) is 11.5 Å². The van der Waals surface area contributed by atoms with E-state index in [9.17, 15) is 5.11 Å². The number of ether oxygens (including phenoxy) is 1. The second kappa shape index (κ2) is 6.40. The Bertz CT molecular complexity index is 1040. The summed E-state index contributed by atoms with van der Waals surface area (Å²) in [5.41, 5.74) is 3.57. The lowest BCUT2D eigenvalue weighted by molar-refractivity contribution is 0.415. The number of aromatic hydroxyl groups is 1. The van der Waals surface area contributed by atoms with Crippen molar-refractivity contribution in [2.75, 3.05) is 19.1 Å². The van der Waals surface area contributed by atoms with Gasteiger partial charge in [-0.3, -0.25) is 0 Å². The van der Waals surface area contributed by atoms with Gasteiger partial charge in [0.25, 0.3) is 0 Å². The Labute approximate surface area is 150 Å². The lowest BCUT2D eigenvalue weighted by Crippen LogP contribution is -2.13. The monoisotopic (exact) mass is 346 g/mol. The average molecular weight is 346 g/mol. The van der Waals surface area contributed by atoms with Crippen molar-refractivity contribution in [1.29, 1.82) is 0 Å². The Morgan fingerprint density at radius 2 is 1.69 bits per heavy atom. The van der Waals surface area contributed by atoms with Crippen molar-refractivity contribution in [3.8, 4) is 22.8 Å². The van der Waals surface area contributed by atoms with Gasteiger partial charge < -0.3 is 14.7 Å². The normalized spacial score (nSPS) is 10.8. The second-order valence-corrected chi connectivity index (χ2v) is 5.91. The summed E-state index contributed by atoms with van der Waals surface area (Å²) in [5.74, 6) is 1.84. The minimum absolute atomic E-state index is 0.232. The van der Waals surface area contributed by atoms with E-state index in [1.807, 2.05) is 65.0 Å². The van der Waals surface area contributed by atoms with Gasteiger partial charge in [-0.2, -0.15) is 0 Å². The van der Waals surface area contributed by atoms with E-state index in [4.69, 9.17) is 9.84 Å². The third-order valence-corrected chi connectivity index (χ3v) is 4.31. The molecule has 2 aromatic heterocycles. The van der Waals surface area contributed by atoms with Crippen molar-refractivity contribution in [1.82, 2.24) is 14.6 Å². The number of anilines is 2. The molecule has 26 heavy (non-hydrogen) atoms. The van der Waals surface area contributed by atoms with Crippen molar-refractivity contribution in [3.63, 3.8) is 0 Å². The van der Waals surface area contributed by atoms with Crippen LogP contribution < -0.4 is 9.64 Å². The van der Waals surface area contributed by atoms with E-state index in [0.29, 0.717) is 0 Å². The van der Waals surface area contributed by atoms with Gasteiger partial charge in [0.1, 0.15) is 11.5 Å². The Kier molecular flexibility index (Phi) is 3.93. The molecule has 2 aromatic carbocycles. The first-order chi connectivity index (χ1) is 12.7. The van der Waals surface area contributed by atoms with E-state index >= 15 is 0 Å². The Morgan fingerprint density at radius 1 is 0.962 bits per heavy atom. The van der Waals surface area contributed by atoms with E-state index < -0.39 is 0 Å². The molecule has 6 heteroatoms. The van der Waals surface area contributed by atoms with Crippen LogP contribution in [0.15, 0.2) is 66.9 Å². The molecule has 0 atom stereocenters. The van der Waals surface area contributed by atoms with Crippen LogP contribution in [0.25, 0.3) is 16.9 Å². The van der Waals surface area contributed by atoms with Gasteiger partial charge >= 0.3 is 0 Å². The summed E-state index contributed by atoms with van der Waals surface area (Å²) in [4.78, 5) is 6.42. The summed E-state index contributed by atoms with van der Waals surface area (Å²) in [6.07, 6.45) is 1.78. The van der Waals surface area contributed by atoms with Gasteiger partial charge in [-0.25, -0.2) is 9.50 Å². The second-order valence-electron chi connectivity index (χ2n) is 5.91. The van der Waals surface area contributed by atoms with Crippen LogP contribution in [0.1, 0.15) is 0 Å². The number of phenolic OH excluding ortho intramolecular Hbond substituents is 1. The summed E-state index contributed by atoms with van der Waals surface area (Å²) in [5, 5.41) is 14.2. The highest BCUT2D eigenvalue weighted by Crippen LogP contribution is 2.26. The lowest BCUT2D eigenvalue weighted by atomic mass is 10.2. The Balaban J connectivity index is 1.74. The first-order valence-electron chi connectivity index (χ1n) is 8.18. The van der Waals surface area contributed by atoms with Crippen molar-refractivity contribution >= 4 is 17.2 Å². The zero-order valence-corrected chi connectivity index (χ0v) is 14.5. The molecular formula is C20H18N4O2. The number of rotatable bonds is 4. The van der Waals surface area contributed by atoms with E-state index in [1.165, 1.54) is 0 Å². The molecule has 0 fully saturated rings. The minimum Gasteiger partial charge on any atom is -0.508 e. The molecule has 0 aliphatic carbocycles. The molecule has 0 saturated carbocycles. The SMILES string of the molecule is COc1ccc(N(C)c2ccc3ncc(-c4ccc(O)cc4)n3n2)cc1. The van der Waals surface area contributed by atoms with Crippen LogP contribution in [0, 0.1) is 0 Å². The molecular weight excluding hydrogens is 328 g/mol. The van der Waals surface area contributed by atoms with Crippen LogP contribution in [-0.4, -0.2) is 33.9 Å². The zero-order valence-electron chi connectivity index (χ0n) is 14.5. The summed E-state index contributed by atoms with van der Waals surface area (Å²) in [6, 6.07) is 18.7. The number of nitrogens with zero attached hydrogens (tertiary/aromatic N) is 4. The molecule has 0 aliphatic rings. The summed E-state index contributed by atoms with van der Waals surface area (Å²) >= 11 is 0. The van der Waals surface area contributed by atoms with Crippen LogP contribution in [0.4, 0.5) is 11.5 Å². The van der Waals surface area contributed by atoms with Crippen molar-refractivity contribution < 1.29 is 9.84 Å². The van der Waals surface area contributed by atoms with Crippen LogP contribution in [0.2, 0.25) is 0 Å².